The Hall–Kier alpha value is -3.07. The first-order valence-corrected chi connectivity index (χ1v) is 7.82. The second-order valence-corrected chi connectivity index (χ2v) is 5.44. The molecule has 0 aliphatic carbocycles. The molecule has 0 aromatic heterocycles. The molecule has 0 bridgehead atoms. The number of benzene rings is 2. The summed E-state index contributed by atoms with van der Waals surface area (Å²) in [4.78, 5) is 16.4. The summed E-state index contributed by atoms with van der Waals surface area (Å²) in [6.07, 6.45) is 0.977. The van der Waals surface area contributed by atoms with Crippen LogP contribution in [0.5, 0.6) is 0 Å². The van der Waals surface area contributed by atoms with Crippen LogP contribution >= 0.6 is 0 Å². The number of rotatable bonds is 7. The molecule has 0 saturated heterocycles. The van der Waals surface area contributed by atoms with Crippen molar-refractivity contribution in [3.63, 3.8) is 0 Å². The minimum absolute atomic E-state index is 0.0639. The average molecular weight is 399 g/mol. The van der Waals surface area contributed by atoms with E-state index in [4.69, 9.17) is 4.74 Å². The molecule has 148 valence electrons. The van der Waals surface area contributed by atoms with Crippen LogP contribution in [0.15, 0.2) is 48.1 Å². The summed E-state index contributed by atoms with van der Waals surface area (Å²) in [5.41, 5.74) is -1.12. The third-order valence-corrected chi connectivity index (χ3v) is 3.72. The molecule has 0 N–H and O–H groups in total. The van der Waals surface area contributed by atoms with Gasteiger partial charge in [0.15, 0.2) is 23.3 Å². The highest BCUT2D eigenvalue weighted by atomic mass is 19.2. The number of ether oxygens (including phenoxy) is 1. The van der Waals surface area contributed by atoms with Crippen LogP contribution in [0, 0.1) is 29.1 Å². The van der Waals surface area contributed by atoms with E-state index in [0.717, 1.165) is 0 Å². The second kappa shape index (κ2) is 9.23. The van der Waals surface area contributed by atoms with Crippen LogP contribution in [0.4, 0.5) is 22.0 Å². The third-order valence-electron chi connectivity index (χ3n) is 3.72. The van der Waals surface area contributed by atoms with E-state index in [0.29, 0.717) is 5.56 Å². The largest absolute Gasteiger partial charge is 0.377 e. The number of halogens is 5. The number of carbonyl (C=O) groups is 1. The summed E-state index contributed by atoms with van der Waals surface area (Å²) in [6.45, 7) is 3.57. The van der Waals surface area contributed by atoms with Gasteiger partial charge in [-0.1, -0.05) is 41.6 Å². The quantitative estimate of drug-likeness (QED) is 0.131. The van der Waals surface area contributed by atoms with E-state index < -0.39 is 46.7 Å². The first-order chi connectivity index (χ1) is 13.3. The summed E-state index contributed by atoms with van der Waals surface area (Å²) in [7, 11) is 1.40. The summed E-state index contributed by atoms with van der Waals surface area (Å²) in [5, 5.41) is 3.54. The highest BCUT2D eigenvalue weighted by molar-refractivity contribution is 6.01. The highest BCUT2D eigenvalue weighted by Crippen LogP contribution is 2.24. The number of carbonyl (C=O) groups excluding carboxylic acids is 1. The van der Waals surface area contributed by atoms with Crippen molar-refractivity contribution in [3.8, 4) is 0 Å². The normalized spacial score (nSPS) is 12.6. The van der Waals surface area contributed by atoms with Crippen LogP contribution in [0.25, 0.3) is 0 Å². The lowest BCUT2D eigenvalue weighted by Crippen LogP contribution is -2.17. The molecule has 0 saturated carbocycles. The Balaban J connectivity index is 2.39. The van der Waals surface area contributed by atoms with Gasteiger partial charge in [-0.2, -0.15) is 0 Å². The van der Waals surface area contributed by atoms with Crippen molar-refractivity contribution in [2.45, 2.75) is 12.5 Å². The minimum Gasteiger partial charge on any atom is -0.377 e. The molecule has 9 heteroatoms. The predicted octanol–water partition coefficient (Wildman–Crippen LogP) is 4.53. The van der Waals surface area contributed by atoms with Crippen molar-refractivity contribution in [2.24, 2.45) is 5.16 Å². The van der Waals surface area contributed by atoms with Gasteiger partial charge in [0.1, 0.15) is 5.56 Å². The Bertz CT molecular complexity index is 887. The fourth-order valence-electron chi connectivity index (χ4n) is 2.22. The van der Waals surface area contributed by atoms with Crippen LogP contribution in [0.2, 0.25) is 0 Å². The molecule has 0 heterocycles. The fraction of sp³-hybridized carbons (Fsp3) is 0.158. The molecule has 2 aromatic carbocycles. The smallest absolute Gasteiger partial charge is 0.371 e. The van der Waals surface area contributed by atoms with Gasteiger partial charge < -0.3 is 9.57 Å². The van der Waals surface area contributed by atoms with Gasteiger partial charge in [-0.05, 0) is 5.56 Å². The Morgan fingerprint density at radius 3 is 2.07 bits per heavy atom. The molecule has 1 unspecified atom stereocenters. The lowest BCUT2D eigenvalue weighted by atomic mass is 10.0. The number of methoxy groups -OCH3 is 1. The molecule has 0 spiro atoms. The molecule has 2 rings (SSSR count). The van der Waals surface area contributed by atoms with E-state index in [1.54, 1.807) is 30.3 Å². The van der Waals surface area contributed by atoms with Gasteiger partial charge in [-0.3, -0.25) is 0 Å². The number of hydrogen-bond donors (Lipinski definition) is 0. The van der Waals surface area contributed by atoms with E-state index in [-0.39, 0.29) is 12.1 Å². The van der Waals surface area contributed by atoms with Gasteiger partial charge in [0.25, 0.3) is 0 Å². The minimum atomic E-state index is -2.38. The molecule has 0 aliphatic rings. The maximum absolute atomic E-state index is 13.7. The van der Waals surface area contributed by atoms with Crippen molar-refractivity contribution in [2.75, 3.05) is 7.11 Å². The van der Waals surface area contributed by atoms with E-state index in [9.17, 15) is 26.7 Å². The molecule has 2 aromatic rings. The maximum Gasteiger partial charge on any atom is 0.371 e. The standard InChI is InChI=1S/C19H14F5NO3/c1-3-11(27-2)9-12(10-7-5-4-6-8-10)25-28-19(26)13-14(20)16(22)18(24)17(23)15(13)21/h3-8,11H,1,9H2,2H3/b25-12-. The van der Waals surface area contributed by atoms with Gasteiger partial charge in [0.2, 0.25) is 5.82 Å². The SMILES string of the molecule is C=CC(C/C(=N/OC(=O)c1c(F)c(F)c(F)c(F)c1F)c1ccccc1)OC. The lowest BCUT2D eigenvalue weighted by Gasteiger charge is -2.12. The molecule has 28 heavy (non-hydrogen) atoms. The van der Waals surface area contributed by atoms with Crippen LogP contribution in [0.1, 0.15) is 22.3 Å². The van der Waals surface area contributed by atoms with Gasteiger partial charge >= 0.3 is 5.97 Å². The van der Waals surface area contributed by atoms with E-state index >= 15 is 0 Å². The summed E-state index contributed by atoms with van der Waals surface area (Å²) < 4.78 is 72.2. The third kappa shape index (κ3) is 4.42. The molecule has 4 nitrogen and oxygen atoms in total. The Kier molecular flexibility index (Phi) is 7.00. The molecule has 0 aliphatic heterocycles. The molecular formula is C19H14F5NO3. The molecular weight excluding hydrogens is 385 g/mol. The summed E-state index contributed by atoms with van der Waals surface area (Å²) in [5.74, 6) is -13.4. The van der Waals surface area contributed by atoms with Crippen LogP contribution < -0.4 is 0 Å². The van der Waals surface area contributed by atoms with Gasteiger partial charge in [0.05, 0.1) is 11.8 Å². The number of hydrogen-bond acceptors (Lipinski definition) is 4. The summed E-state index contributed by atoms with van der Waals surface area (Å²) in [6, 6.07) is 8.25. The van der Waals surface area contributed by atoms with Gasteiger partial charge in [-0.25, -0.2) is 26.7 Å². The number of nitrogens with zero attached hydrogens (tertiary/aromatic N) is 1. The Morgan fingerprint density at radius 1 is 1.04 bits per heavy atom. The zero-order valence-corrected chi connectivity index (χ0v) is 14.5. The number of oxime groups is 1. The van der Waals surface area contributed by atoms with Crippen molar-refractivity contribution < 1.29 is 36.3 Å². The van der Waals surface area contributed by atoms with Crippen LogP contribution in [0.3, 0.4) is 0 Å². The maximum atomic E-state index is 13.7. The molecule has 0 radical (unpaired) electrons. The first-order valence-electron chi connectivity index (χ1n) is 7.82. The first kappa shape index (κ1) is 21.2. The van der Waals surface area contributed by atoms with Gasteiger partial charge in [-0.15, -0.1) is 6.58 Å². The average Bonchev–Trinajstić information content (AvgIpc) is 2.72. The lowest BCUT2D eigenvalue weighted by molar-refractivity contribution is 0.0498. The second-order valence-electron chi connectivity index (χ2n) is 5.44. The van der Waals surface area contributed by atoms with Crippen molar-refractivity contribution in [1.29, 1.82) is 0 Å². The van der Waals surface area contributed by atoms with E-state index in [2.05, 4.69) is 16.6 Å². The zero-order chi connectivity index (χ0) is 20.8. The predicted molar refractivity (Wildman–Crippen MR) is 90.2 cm³/mol. The molecule has 1 atom stereocenters. The van der Waals surface area contributed by atoms with Crippen molar-refractivity contribution in [3.05, 3.63) is 83.2 Å². The highest BCUT2D eigenvalue weighted by Gasteiger charge is 2.31. The molecule has 0 fully saturated rings. The monoisotopic (exact) mass is 399 g/mol. The Morgan fingerprint density at radius 2 is 1.57 bits per heavy atom. The Labute approximate surface area is 156 Å². The van der Waals surface area contributed by atoms with Gasteiger partial charge in [0, 0.05) is 13.5 Å². The van der Waals surface area contributed by atoms with Crippen molar-refractivity contribution >= 4 is 11.7 Å². The molecule has 0 amide bonds. The van der Waals surface area contributed by atoms with Crippen LogP contribution in [-0.2, 0) is 9.57 Å². The fourth-order valence-corrected chi connectivity index (χ4v) is 2.22. The van der Waals surface area contributed by atoms with Crippen LogP contribution in [-0.4, -0.2) is 24.9 Å². The van der Waals surface area contributed by atoms with E-state index in [1.165, 1.54) is 13.2 Å². The van der Waals surface area contributed by atoms with E-state index in [1.807, 2.05) is 0 Å². The zero-order valence-electron chi connectivity index (χ0n) is 14.5. The topological polar surface area (TPSA) is 47.9 Å². The van der Waals surface area contributed by atoms with Crippen molar-refractivity contribution in [1.82, 2.24) is 0 Å². The summed E-state index contributed by atoms with van der Waals surface area (Å²) >= 11 is 0.